The first-order valence-electron chi connectivity index (χ1n) is 8.22. The maximum atomic E-state index is 12.3. The van der Waals surface area contributed by atoms with Crippen molar-refractivity contribution >= 4 is 33.6 Å². The van der Waals surface area contributed by atoms with Crippen molar-refractivity contribution in [2.45, 2.75) is 19.9 Å². The van der Waals surface area contributed by atoms with Crippen LogP contribution in [-0.4, -0.2) is 20.7 Å². The number of rotatable bonds is 4. The Bertz CT molecular complexity index is 1180. The quantitative estimate of drug-likeness (QED) is 0.612. The molecule has 0 saturated carbocycles. The van der Waals surface area contributed by atoms with Crippen molar-refractivity contribution in [2.24, 2.45) is 0 Å². The zero-order valence-corrected chi connectivity index (χ0v) is 14.1. The summed E-state index contributed by atoms with van der Waals surface area (Å²) >= 11 is 0. The molecule has 0 atom stereocenters. The maximum Gasteiger partial charge on any atom is 0.226 e. The van der Waals surface area contributed by atoms with E-state index in [0.717, 1.165) is 0 Å². The molecule has 4 aromatic rings. The third-order valence-electron chi connectivity index (χ3n) is 4.09. The Balaban J connectivity index is 1.48. The van der Waals surface area contributed by atoms with Gasteiger partial charge in [0.05, 0.1) is 18.3 Å². The Labute approximate surface area is 148 Å². The molecule has 130 valence electrons. The molecule has 26 heavy (non-hydrogen) atoms. The number of fused-ring (bicyclic) bond motifs is 2. The summed E-state index contributed by atoms with van der Waals surface area (Å²) in [5, 5.41) is 7.57. The Morgan fingerprint density at radius 2 is 2.08 bits per heavy atom. The molecule has 2 aromatic carbocycles. The molecule has 0 aliphatic heterocycles. The molecular formula is C19H16N4O3. The molecule has 4 rings (SSSR count). The number of anilines is 1. The highest BCUT2D eigenvalue weighted by atomic mass is 16.3. The van der Waals surface area contributed by atoms with Crippen LogP contribution >= 0.6 is 0 Å². The van der Waals surface area contributed by atoms with Crippen LogP contribution in [0.3, 0.4) is 0 Å². The lowest BCUT2D eigenvalue weighted by molar-refractivity contribution is -0.116. The minimum Gasteiger partial charge on any atom is -0.441 e. The van der Waals surface area contributed by atoms with Crippen LogP contribution in [-0.2, 0) is 11.3 Å². The largest absolute Gasteiger partial charge is 0.441 e. The summed E-state index contributed by atoms with van der Waals surface area (Å²) in [5.74, 6) is 0.439. The SMILES string of the molecule is Cc1nc2cc(NC(=O)CCn3ncc(=O)c4ccccc43)ccc2o1. The van der Waals surface area contributed by atoms with Crippen molar-refractivity contribution in [1.82, 2.24) is 14.8 Å². The van der Waals surface area contributed by atoms with Crippen LogP contribution < -0.4 is 10.7 Å². The minimum absolute atomic E-state index is 0.127. The normalized spacial score (nSPS) is 11.1. The van der Waals surface area contributed by atoms with Gasteiger partial charge in [0, 0.05) is 24.4 Å². The summed E-state index contributed by atoms with van der Waals surface area (Å²) in [6, 6.07) is 12.6. The van der Waals surface area contributed by atoms with Gasteiger partial charge in [-0.1, -0.05) is 12.1 Å². The number of amides is 1. The number of benzene rings is 2. The number of hydrogen-bond acceptors (Lipinski definition) is 5. The van der Waals surface area contributed by atoms with Crippen LogP contribution in [0.1, 0.15) is 12.3 Å². The molecule has 1 N–H and O–H groups in total. The van der Waals surface area contributed by atoms with E-state index in [1.807, 2.05) is 18.2 Å². The van der Waals surface area contributed by atoms with Gasteiger partial charge >= 0.3 is 0 Å². The molecule has 7 heteroatoms. The number of nitrogens with zero attached hydrogens (tertiary/aromatic N) is 3. The van der Waals surface area contributed by atoms with Gasteiger partial charge < -0.3 is 9.73 Å². The lowest BCUT2D eigenvalue weighted by atomic mass is 10.2. The third-order valence-corrected chi connectivity index (χ3v) is 4.09. The van der Waals surface area contributed by atoms with E-state index in [-0.39, 0.29) is 17.8 Å². The molecule has 0 saturated heterocycles. The van der Waals surface area contributed by atoms with E-state index >= 15 is 0 Å². The van der Waals surface area contributed by atoms with Gasteiger partial charge in [0.15, 0.2) is 11.5 Å². The Morgan fingerprint density at radius 1 is 1.23 bits per heavy atom. The fraction of sp³-hybridized carbons (Fsp3) is 0.158. The van der Waals surface area contributed by atoms with Crippen molar-refractivity contribution in [3.05, 3.63) is 64.8 Å². The van der Waals surface area contributed by atoms with Gasteiger partial charge in [0.25, 0.3) is 0 Å². The maximum absolute atomic E-state index is 12.3. The van der Waals surface area contributed by atoms with E-state index in [0.29, 0.717) is 40.1 Å². The molecule has 0 fully saturated rings. The number of para-hydroxylation sites is 1. The van der Waals surface area contributed by atoms with E-state index in [4.69, 9.17) is 4.42 Å². The third kappa shape index (κ3) is 3.06. The Morgan fingerprint density at radius 3 is 2.96 bits per heavy atom. The number of aromatic nitrogens is 3. The molecule has 1 amide bonds. The second-order valence-electron chi connectivity index (χ2n) is 5.96. The highest BCUT2D eigenvalue weighted by Gasteiger charge is 2.08. The Hall–Kier alpha value is -3.48. The van der Waals surface area contributed by atoms with Crippen LogP contribution in [0, 0.1) is 6.92 Å². The molecule has 0 unspecified atom stereocenters. The summed E-state index contributed by atoms with van der Waals surface area (Å²) in [7, 11) is 0. The average Bonchev–Trinajstić information content (AvgIpc) is 3.01. The van der Waals surface area contributed by atoms with Crippen LogP contribution in [0.5, 0.6) is 0 Å². The molecule has 0 bridgehead atoms. The second kappa shape index (κ2) is 6.44. The van der Waals surface area contributed by atoms with Crippen molar-refractivity contribution in [3.8, 4) is 0 Å². The number of carbonyl (C=O) groups excluding carboxylic acids is 1. The van der Waals surface area contributed by atoms with Crippen LogP contribution in [0.25, 0.3) is 22.0 Å². The van der Waals surface area contributed by atoms with Crippen LogP contribution in [0.4, 0.5) is 5.69 Å². The highest BCUT2D eigenvalue weighted by molar-refractivity contribution is 5.92. The summed E-state index contributed by atoms with van der Waals surface area (Å²) in [4.78, 5) is 28.4. The van der Waals surface area contributed by atoms with Gasteiger partial charge in [0.2, 0.25) is 11.3 Å². The number of carbonyl (C=O) groups is 1. The molecule has 0 aliphatic rings. The topological polar surface area (TPSA) is 90.0 Å². The minimum atomic E-state index is -0.144. The van der Waals surface area contributed by atoms with Gasteiger partial charge in [-0.15, -0.1) is 0 Å². The van der Waals surface area contributed by atoms with Crippen molar-refractivity contribution in [1.29, 1.82) is 0 Å². The second-order valence-corrected chi connectivity index (χ2v) is 5.96. The van der Waals surface area contributed by atoms with E-state index in [1.54, 1.807) is 35.9 Å². The van der Waals surface area contributed by atoms with Gasteiger partial charge in [-0.05, 0) is 30.3 Å². The standard InChI is InChI=1S/C19H16N4O3/c1-12-21-15-10-13(6-7-18(15)26-12)22-19(25)8-9-23-16-5-3-2-4-14(16)17(24)11-20-23/h2-7,10-11H,8-9H2,1H3,(H,22,25). The van der Waals surface area contributed by atoms with Gasteiger partial charge in [-0.2, -0.15) is 5.10 Å². The number of oxazole rings is 1. The molecule has 2 heterocycles. The first-order valence-corrected chi connectivity index (χ1v) is 8.22. The molecule has 0 radical (unpaired) electrons. The van der Waals surface area contributed by atoms with E-state index in [2.05, 4.69) is 15.4 Å². The predicted molar refractivity (Wildman–Crippen MR) is 98.0 cm³/mol. The van der Waals surface area contributed by atoms with E-state index in [9.17, 15) is 9.59 Å². The van der Waals surface area contributed by atoms with Crippen molar-refractivity contribution in [3.63, 3.8) is 0 Å². The Kier molecular flexibility index (Phi) is 3.96. The smallest absolute Gasteiger partial charge is 0.226 e. The summed E-state index contributed by atoms with van der Waals surface area (Å²) in [5.41, 5.74) is 2.64. The molecule has 7 nitrogen and oxygen atoms in total. The lowest BCUT2D eigenvalue weighted by Crippen LogP contribution is -2.18. The zero-order chi connectivity index (χ0) is 18.1. The number of nitrogens with one attached hydrogen (secondary N) is 1. The highest BCUT2D eigenvalue weighted by Crippen LogP contribution is 2.19. The monoisotopic (exact) mass is 348 g/mol. The van der Waals surface area contributed by atoms with Gasteiger partial charge in [0.1, 0.15) is 5.52 Å². The van der Waals surface area contributed by atoms with E-state index < -0.39 is 0 Å². The summed E-state index contributed by atoms with van der Waals surface area (Å²) < 4.78 is 7.09. The molecule has 2 aromatic heterocycles. The first-order chi connectivity index (χ1) is 12.6. The predicted octanol–water partition coefficient (Wildman–Crippen LogP) is 2.87. The number of aryl methyl sites for hydroxylation is 2. The molecule has 0 aliphatic carbocycles. The zero-order valence-electron chi connectivity index (χ0n) is 14.1. The van der Waals surface area contributed by atoms with Crippen LogP contribution in [0.15, 0.2) is 57.9 Å². The van der Waals surface area contributed by atoms with Gasteiger partial charge in [-0.25, -0.2) is 4.98 Å². The lowest BCUT2D eigenvalue weighted by Gasteiger charge is -2.09. The van der Waals surface area contributed by atoms with Crippen molar-refractivity contribution in [2.75, 3.05) is 5.32 Å². The fourth-order valence-electron chi connectivity index (χ4n) is 2.89. The first kappa shape index (κ1) is 16.0. The summed E-state index contributed by atoms with van der Waals surface area (Å²) in [6.45, 7) is 2.15. The summed E-state index contributed by atoms with van der Waals surface area (Å²) in [6.07, 6.45) is 1.51. The fourth-order valence-corrected chi connectivity index (χ4v) is 2.89. The van der Waals surface area contributed by atoms with Crippen LogP contribution in [0.2, 0.25) is 0 Å². The molecule has 0 spiro atoms. The number of hydrogen-bond donors (Lipinski definition) is 1. The van der Waals surface area contributed by atoms with Crippen molar-refractivity contribution < 1.29 is 9.21 Å². The average molecular weight is 348 g/mol. The molecular weight excluding hydrogens is 332 g/mol. The van der Waals surface area contributed by atoms with E-state index in [1.165, 1.54) is 6.20 Å². The van der Waals surface area contributed by atoms with Gasteiger partial charge in [-0.3, -0.25) is 14.3 Å².